The second-order valence-corrected chi connectivity index (χ2v) is 8.47. The third-order valence-corrected chi connectivity index (χ3v) is 5.49. The van der Waals surface area contributed by atoms with Crippen molar-refractivity contribution < 1.29 is 33.9 Å². The molecule has 0 radical (unpaired) electrons. The normalized spacial score (nSPS) is 14.9. The lowest BCUT2D eigenvalue weighted by Crippen LogP contribution is -2.59. The number of hydrogen-bond donors (Lipinski definition) is 7. The van der Waals surface area contributed by atoms with E-state index in [0.717, 1.165) is 0 Å². The SMILES string of the molecule is CCC(C)C(NC(=O)C(N)CC(N)=O)C(=O)NC(Cc1ccccc1)C(=O)NC(CC(N)=O)C(=O)O. The lowest BCUT2D eigenvalue weighted by atomic mass is 9.96. The second kappa shape index (κ2) is 14.4. The molecular formula is C23H34N6O7. The minimum atomic E-state index is -1.60. The van der Waals surface area contributed by atoms with Crippen LogP contribution in [0.3, 0.4) is 0 Å². The molecule has 13 heteroatoms. The quantitative estimate of drug-likeness (QED) is 0.139. The molecular weight excluding hydrogens is 472 g/mol. The predicted octanol–water partition coefficient (Wildman–Crippen LogP) is -2.11. The van der Waals surface area contributed by atoms with E-state index in [0.29, 0.717) is 12.0 Å². The van der Waals surface area contributed by atoms with Crippen molar-refractivity contribution in [3.05, 3.63) is 35.9 Å². The summed E-state index contributed by atoms with van der Waals surface area (Å²) in [6, 6.07) is 3.39. The molecule has 5 amide bonds. The fraction of sp³-hybridized carbons (Fsp3) is 0.478. The first-order chi connectivity index (χ1) is 16.8. The van der Waals surface area contributed by atoms with Crippen molar-refractivity contribution in [1.82, 2.24) is 16.0 Å². The van der Waals surface area contributed by atoms with E-state index in [2.05, 4.69) is 16.0 Å². The molecule has 10 N–H and O–H groups in total. The summed E-state index contributed by atoms with van der Waals surface area (Å²) in [5, 5.41) is 16.6. The summed E-state index contributed by atoms with van der Waals surface area (Å²) in [4.78, 5) is 72.4. The van der Waals surface area contributed by atoms with Gasteiger partial charge in [0.15, 0.2) is 0 Å². The predicted molar refractivity (Wildman–Crippen MR) is 129 cm³/mol. The van der Waals surface area contributed by atoms with E-state index >= 15 is 0 Å². The van der Waals surface area contributed by atoms with Crippen LogP contribution in [0.1, 0.15) is 38.7 Å². The number of carboxylic acid groups (broad SMARTS) is 1. The highest BCUT2D eigenvalue weighted by Crippen LogP contribution is 2.11. The highest BCUT2D eigenvalue weighted by Gasteiger charge is 2.33. The van der Waals surface area contributed by atoms with Gasteiger partial charge in [-0.25, -0.2) is 4.79 Å². The van der Waals surface area contributed by atoms with Crippen molar-refractivity contribution in [1.29, 1.82) is 0 Å². The van der Waals surface area contributed by atoms with E-state index in [1.807, 2.05) is 0 Å². The lowest BCUT2D eigenvalue weighted by Gasteiger charge is -2.28. The van der Waals surface area contributed by atoms with Crippen LogP contribution in [0.2, 0.25) is 0 Å². The fourth-order valence-electron chi connectivity index (χ4n) is 3.27. The number of carbonyl (C=O) groups excluding carboxylic acids is 5. The molecule has 0 spiro atoms. The fourth-order valence-corrected chi connectivity index (χ4v) is 3.27. The first-order valence-corrected chi connectivity index (χ1v) is 11.4. The molecule has 1 aromatic rings. The van der Waals surface area contributed by atoms with Gasteiger partial charge in [-0.3, -0.25) is 24.0 Å². The summed E-state index contributed by atoms with van der Waals surface area (Å²) in [7, 11) is 0. The molecule has 0 bridgehead atoms. The standard InChI is InChI=1S/C23H34N6O7/c1-3-12(2)19(29-20(32)14(24)10-17(25)30)22(34)27-15(9-13-7-5-4-6-8-13)21(33)28-16(23(35)36)11-18(26)31/h4-8,12,14-16,19H,3,9-11,24H2,1-2H3,(H2,25,30)(H2,26,31)(H,27,34)(H,28,33)(H,29,32)(H,35,36). The van der Waals surface area contributed by atoms with Crippen molar-refractivity contribution in [3.8, 4) is 0 Å². The average Bonchev–Trinajstić information content (AvgIpc) is 2.80. The third kappa shape index (κ3) is 10.1. The number of benzene rings is 1. The van der Waals surface area contributed by atoms with Crippen LogP contribution in [0.5, 0.6) is 0 Å². The Labute approximate surface area is 208 Å². The van der Waals surface area contributed by atoms with Gasteiger partial charge in [0.25, 0.3) is 0 Å². The van der Waals surface area contributed by atoms with Crippen LogP contribution in [0.15, 0.2) is 30.3 Å². The zero-order valence-corrected chi connectivity index (χ0v) is 20.2. The van der Waals surface area contributed by atoms with E-state index in [1.54, 1.807) is 44.2 Å². The van der Waals surface area contributed by atoms with E-state index < -0.39 is 78.4 Å². The maximum absolute atomic E-state index is 13.2. The smallest absolute Gasteiger partial charge is 0.326 e. The lowest BCUT2D eigenvalue weighted by molar-refractivity contribution is -0.143. The van der Waals surface area contributed by atoms with Gasteiger partial charge in [-0.1, -0.05) is 50.6 Å². The van der Waals surface area contributed by atoms with Gasteiger partial charge in [0.2, 0.25) is 29.5 Å². The first kappa shape index (κ1) is 30.0. The molecule has 13 nitrogen and oxygen atoms in total. The van der Waals surface area contributed by atoms with Gasteiger partial charge < -0.3 is 38.3 Å². The van der Waals surface area contributed by atoms with Gasteiger partial charge in [0.1, 0.15) is 18.1 Å². The highest BCUT2D eigenvalue weighted by atomic mass is 16.4. The van der Waals surface area contributed by atoms with Gasteiger partial charge in [-0.2, -0.15) is 0 Å². The number of carbonyl (C=O) groups is 6. The maximum atomic E-state index is 13.2. The van der Waals surface area contributed by atoms with Gasteiger partial charge in [0.05, 0.1) is 18.9 Å². The zero-order chi connectivity index (χ0) is 27.4. The number of carboxylic acids is 1. The van der Waals surface area contributed by atoms with Crippen LogP contribution in [0.4, 0.5) is 0 Å². The highest BCUT2D eigenvalue weighted by molar-refractivity contribution is 5.95. The molecule has 36 heavy (non-hydrogen) atoms. The number of aliphatic carboxylic acids is 1. The Kier molecular flexibility index (Phi) is 12.0. The molecule has 0 aliphatic rings. The maximum Gasteiger partial charge on any atom is 0.326 e. The minimum absolute atomic E-state index is 0.0102. The molecule has 5 unspecified atom stereocenters. The molecule has 0 fully saturated rings. The summed E-state index contributed by atoms with van der Waals surface area (Å²) >= 11 is 0. The van der Waals surface area contributed by atoms with Crippen LogP contribution < -0.4 is 33.2 Å². The number of nitrogens with two attached hydrogens (primary N) is 3. The van der Waals surface area contributed by atoms with Crippen molar-refractivity contribution in [3.63, 3.8) is 0 Å². The molecule has 0 saturated heterocycles. The summed E-state index contributed by atoms with van der Waals surface area (Å²) in [5.74, 6) is -5.94. The van der Waals surface area contributed by atoms with Gasteiger partial charge in [-0.05, 0) is 11.5 Å². The second-order valence-electron chi connectivity index (χ2n) is 8.47. The van der Waals surface area contributed by atoms with E-state index in [9.17, 15) is 33.9 Å². The van der Waals surface area contributed by atoms with Crippen LogP contribution in [-0.4, -0.2) is 64.8 Å². The van der Waals surface area contributed by atoms with Crippen molar-refractivity contribution >= 4 is 35.5 Å². The molecule has 198 valence electrons. The van der Waals surface area contributed by atoms with Crippen molar-refractivity contribution in [2.75, 3.05) is 0 Å². The summed E-state index contributed by atoms with van der Waals surface area (Å²) in [5.41, 5.74) is 16.5. The zero-order valence-electron chi connectivity index (χ0n) is 20.2. The Morgan fingerprint density at radius 1 is 0.833 bits per heavy atom. The Bertz CT molecular complexity index is 956. The molecule has 0 aromatic heterocycles. The molecule has 0 heterocycles. The number of hydrogen-bond acceptors (Lipinski definition) is 7. The van der Waals surface area contributed by atoms with E-state index in [4.69, 9.17) is 17.2 Å². The van der Waals surface area contributed by atoms with Crippen LogP contribution >= 0.6 is 0 Å². The summed E-state index contributed by atoms with van der Waals surface area (Å²) < 4.78 is 0. The van der Waals surface area contributed by atoms with E-state index in [1.165, 1.54) is 0 Å². The number of amides is 5. The largest absolute Gasteiger partial charge is 0.480 e. The molecule has 1 rings (SSSR count). The van der Waals surface area contributed by atoms with Gasteiger partial charge in [0, 0.05) is 6.42 Å². The number of rotatable bonds is 15. The van der Waals surface area contributed by atoms with Crippen LogP contribution in [-0.2, 0) is 35.2 Å². The van der Waals surface area contributed by atoms with Gasteiger partial charge in [-0.15, -0.1) is 0 Å². The molecule has 1 aromatic carbocycles. The number of nitrogens with one attached hydrogen (secondary N) is 3. The Morgan fingerprint density at radius 3 is 1.89 bits per heavy atom. The first-order valence-electron chi connectivity index (χ1n) is 11.4. The molecule has 0 aliphatic heterocycles. The van der Waals surface area contributed by atoms with Gasteiger partial charge >= 0.3 is 5.97 Å². The average molecular weight is 507 g/mol. The minimum Gasteiger partial charge on any atom is -0.480 e. The van der Waals surface area contributed by atoms with Crippen molar-refractivity contribution in [2.24, 2.45) is 23.1 Å². The number of primary amides is 2. The van der Waals surface area contributed by atoms with Crippen LogP contribution in [0.25, 0.3) is 0 Å². The third-order valence-electron chi connectivity index (χ3n) is 5.49. The topological polar surface area (TPSA) is 237 Å². The molecule has 5 atom stereocenters. The Balaban J connectivity index is 3.16. The molecule has 0 saturated carbocycles. The Morgan fingerprint density at radius 2 is 1.39 bits per heavy atom. The molecule has 0 aliphatic carbocycles. The summed E-state index contributed by atoms with van der Waals surface area (Å²) in [6.07, 6.45) is -0.602. The van der Waals surface area contributed by atoms with E-state index in [-0.39, 0.29) is 6.42 Å². The Hall–Kier alpha value is -4.00. The summed E-state index contributed by atoms with van der Waals surface area (Å²) in [6.45, 7) is 3.49. The van der Waals surface area contributed by atoms with Crippen LogP contribution in [0, 0.1) is 5.92 Å². The van der Waals surface area contributed by atoms with Crippen molar-refractivity contribution in [2.45, 2.75) is 63.7 Å². The monoisotopic (exact) mass is 506 g/mol.